The van der Waals surface area contributed by atoms with Crippen molar-refractivity contribution in [3.8, 4) is 11.4 Å². The SMILES string of the molecule is Cc1nc2ccc(Nc3ccc4nnc(-c5ccsc5)n4n3)cc2s1. The Labute approximate surface area is 150 Å². The molecule has 1 aromatic carbocycles. The summed E-state index contributed by atoms with van der Waals surface area (Å²) in [4.78, 5) is 4.49. The number of nitrogens with zero attached hydrogens (tertiary/aromatic N) is 5. The van der Waals surface area contributed by atoms with Crippen LogP contribution in [-0.2, 0) is 0 Å². The second kappa shape index (κ2) is 5.61. The molecule has 0 aliphatic carbocycles. The van der Waals surface area contributed by atoms with E-state index in [-0.39, 0.29) is 0 Å². The Kier molecular flexibility index (Phi) is 3.25. The van der Waals surface area contributed by atoms with Gasteiger partial charge in [0.25, 0.3) is 0 Å². The second-order valence-corrected chi connectivity index (χ2v) is 7.58. The highest BCUT2D eigenvalue weighted by molar-refractivity contribution is 7.18. The molecule has 0 amide bonds. The smallest absolute Gasteiger partial charge is 0.186 e. The maximum absolute atomic E-state index is 4.64. The van der Waals surface area contributed by atoms with E-state index in [0.717, 1.165) is 43.8 Å². The van der Waals surface area contributed by atoms with Crippen LogP contribution in [0.5, 0.6) is 0 Å². The number of hydrogen-bond acceptors (Lipinski definition) is 7. The summed E-state index contributed by atoms with van der Waals surface area (Å²) in [5, 5.41) is 21.6. The van der Waals surface area contributed by atoms with Crippen LogP contribution in [-0.4, -0.2) is 24.8 Å². The van der Waals surface area contributed by atoms with Crippen molar-refractivity contribution in [1.82, 2.24) is 24.8 Å². The number of fused-ring (bicyclic) bond motifs is 2. The number of nitrogens with one attached hydrogen (secondary N) is 1. The molecule has 1 N–H and O–H groups in total. The second-order valence-electron chi connectivity index (χ2n) is 5.56. The van der Waals surface area contributed by atoms with E-state index in [2.05, 4.69) is 31.7 Å². The van der Waals surface area contributed by atoms with Gasteiger partial charge in [-0.2, -0.15) is 15.9 Å². The van der Waals surface area contributed by atoms with Crippen LogP contribution in [0, 0.1) is 6.92 Å². The van der Waals surface area contributed by atoms with Crippen molar-refractivity contribution in [2.45, 2.75) is 6.92 Å². The zero-order valence-electron chi connectivity index (χ0n) is 13.2. The van der Waals surface area contributed by atoms with Crippen LogP contribution in [0.15, 0.2) is 47.2 Å². The van der Waals surface area contributed by atoms with E-state index in [1.165, 1.54) is 0 Å². The number of hydrogen-bond donors (Lipinski definition) is 1. The van der Waals surface area contributed by atoms with Crippen molar-refractivity contribution in [3.63, 3.8) is 0 Å². The molecule has 8 heteroatoms. The molecule has 122 valence electrons. The van der Waals surface area contributed by atoms with E-state index >= 15 is 0 Å². The number of thiophene rings is 1. The maximum Gasteiger partial charge on any atom is 0.186 e. The molecule has 5 aromatic rings. The molecule has 6 nitrogen and oxygen atoms in total. The fourth-order valence-corrected chi connectivity index (χ4v) is 4.19. The molecule has 0 radical (unpaired) electrons. The van der Waals surface area contributed by atoms with E-state index in [4.69, 9.17) is 0 Å². The Morgan fingerprint density at radius 3 is 2.92 bits per heavy atom. The van der Waals surface area contributed by atoms with Crippen LogP contribution in [0.25, 0.3) is 27.3 Å². The lowest BCUT2D eigenvalue weighted by molar-refractivity contribution is 0.942. The normalized spacial score (nSPS) is 11.4. The molecule has 5 rings (SSSR count). The fraction of sp³-hybridized carbons (Fsp3) is 0.0588. The molecule has 0 fully saturated rings. The van der Waals surface area contributed by atoms with E-state index in [0.29, 0.717) is 0 Å². The predicted molar refractivity (Wildman–Crippen MR) is 102 cm³/mol. The van der Waals surface area contributed by atoms with Gasteiger partial charge in [0.1, 0.15) is 0 Å². The summed E-state index contributed by atoms with van der Waals surface area (Å²) in [6.07, 6.45) is 0. The molecule has 0 saturated carbocycles. The van der Waals surface area contributed by atoms with Crippen molar-refractivity contribution in [3.05, 3.63) is 52.2 Å². The summed E-state index contributed by atoms with van der Waals surface area (Å²) in [7, 11) is 0. The molecule has 25 heavy (non-hydrogen) atoms. The number of aryl methyl sites for hydroxylation is 1. The van der Waals surface area contributed by atoms with Crippen LogP contribution in [0.1, 0.15) is 5.01 Å². The third-order valence-corrected chi connectivity index (χ3v) is 5.43. The van der Waals surface area contributed by atoms with Gasteiger partial charge in [-0.15, -0.1) is 26.6 Å². The first-order valence-corrected chi connectivity index (χ1v) is 9.41. The van der Waals surface area contributed by atoms with Crippen molar-refractivity contribution in [2.24, 2.45) is 0 Å². The highest BCUT2D eigenvalue weighted by Gasteiger charge is 2.10. The summed E-state index contributed by atoms with van der Waals surface area (Å²) in [5.41, 5.74) is 3.74. The predicted octanol–water partition coefficient (Wildman–Crippen LogP) is 4.51. The first-order valence-electron chi connectivity index (χ1n) is 7.65. The van der Waals surface area contributed by atoms with E-state index in [1.807, 2.05) is 48.0 Å². The molecule has 0 atom stereocenters. The summed E-state index contributed by atoms with van der Waals surface area (Å²) < 4.78 is 2.92. The van der Waals surface area contributed by atoms with E-state index < -0.39 is 0 Å². The van der Waals surface area contributed by atoms with Crippen molar-refractivity contribution < 1.29 is 0 Å². The van der Waals surface area contributed by atoms with Gasteiger partial charge >= 0.3 is 0 Å². The Morgan fingerprint density at radius 2 is 2.04 bits per heavy atom. The monoisotopic (exact) mass is 364 g/mol. The lowest BCUT2D eigenvalue weighted by Gasteiger charge is -2.06. The van der Waals surface area contributed by atoms with Crippen LogP contribution >= 0.6 is 22.7 Å². The molecule has 0 unspecified atom stereocenters. The lowest BCUT2D eigenvalue weighted by Crippen LogP contribution is -2.00. The Morgan fingerprint density at radius 1 is 1.08 bits per heavy atom. The lowest BCUT2D eigenvalue weighted by atomic mass is 10.3. The number of aromatic nitrogens is 5. The molecular formula is C17H12N6S2. The summed E-state index contributed by atoms with van der Waals surface area (Å²) in [6.45, 7) is 2.02. The minimum atomic E-state index is 0.722. The first kappa shape index (κ1) is 14.5. The molecular weight excluding hydrogens is 352 g/mol. The average molecular weight is 364 g/mol. The van der Waals surface area contributed by atoms with Gasteiger partial charge in [-0.25, -0.2) is 4.98 Å². The van der Waals surface area contributed by atoms with Gasteiger partial charge in [-0.05, 0) is 48.7 Å². The van der Waals surface area contributed by atoms with Crippen LogP contribution in [0.2, 0.25) is 0 Å². The van der Waals surface area contributed by atoms with Gasteiger partial charge in [0.15, 0.2) is 17.3 Å². The quantitative estimate of drug-likeness (QED) is 0.510. The minimum Gasteiger partial charge on any atom is -0.339 e. The van der Waals surface area contributed by atoms with Gasteiger partial charge in [0.2, 0.25) is 0 Å². The highest BCUT2D eigenvalue weighted by atomic mass is 32.1. The Hall–Kier alpha value is -2.84. The third-order valence-electron chi connectivity index (χ3n) is 3.81. The topological polar surface area (TPSA) is 68.0 Å². The molecule has 0 aliphatic rings. The average Bonchev–Trinajstić information content (AvgIpc) is 3.32. The fourth-order valence-electron chi connectivity index (χ4n) is 2.69. The number of anilines is 2. The third kappa shape index (κ3) is 2.55. The zero-order chi connectivity index (χ0) is 16.8. The number of thiazole rings is 1. The molecule has 0 aliphatic heterocycles. The van der Waals surface area contributed by atoms with Crippen LogP contribution < -0.4 is 5.32 Å². The van der Waals surface area contributed by atoms with Crippen molar-refractivity contribution in [1.29, 1.82) is 0 Å². The van der Waals surface area contributed by atoms with E-state index in [9.17, 15) is 0 Å². The molecule has 0 spiro atoms. The van der Waals surface area contributed by atoms with Crippen LogP contribution in [0.4, 0.5) is 11.5 Å². The van der Waals surface area contributed by atoms with E-state index in [1.54, 1.807) is 27.2 Å². The summed E-state index contributed by atoms with van der Waals surface area (Å²) >= 11 is 3.31. The molecule has 4 heterocycles. The van der Waals surface area contributed by atoms with Gasteiger partial charge in [-0.3, -0.25) is 0 Å². The molecule has 0 saturated heterocycles. The Bertz CT molecular complexity index is 1190. The van der Waals surface area contributed by atoms with Crippen LogP contribution in [0.3, 0.4) is 0 Å². The number of rotatable bonds is 3. The summed E-state index contributed by atoms with van der Waals surface area (Å²) in [5.74, 6) is 1.48. The van der Waals surface area contributed by atoms with Gasteiger partial charge in [-0.1, -0.05) is 0 Å². The van der Waals surface area contributed by atoms with Gasteiger partial charge in [0, 0.05) is 16.6 Å². The number of benzene rings is 1. The largest absolute Gasteiger partial charge is 0.339 e. The van der Waals surface area contributed by atoms with Crippen molar-refractivity contribution in [2.75, 3.05) is 5.32 Å². The van der Waals surface area contributed by atoms with Gasteiger partial charge in [0.05, 0.1) is 15.2 Å². The first-order chi connectivity index (χ1) is 12.3. The maximum atomic E-state index is 4.64. The minimum absolute atomic E-state index is 0.722. The summed E-state index contributed by atoms with van der Waals surface area (Å²) in [6, 6.07) is 12.0. The molecule has 4 aromatic heterocycles. The Balaban J connectivity index is 1.54. The molecule has 0 bridgehead atoms. The standard InChI is InChI=1S/C17H12N6S2/c1-10-18-13-3-2-12(8-14(13)25-10)19-15-4-5-16-20-21-17(23(16)22-15)11-6-7-24-9-11/h2-9H,1H3,(H,19,22). The van der Waals surface area contributed by atoms with Gasteiger partial charge < -0.3 is 5.32 Å². The zero-order valence-corrected chi connectivity index (χ0v) is 14.8. The highest BCUT2D eigenvalue weighted by Crippen LogP contribution is 2.26. The van der Waals surface area contributed by atoms with Crippen molar-refractivity contribution >= 4 is 50.0 Å².